The zero-order chi connectivity index (χ0) is 33.3. The number of amides is 2. The molecule has 1 N–H and O–H groups in total. The van der Waals surface area contributed by atoms with Crippen molar-refractivity contribution in [1.29, 1.82) is 0 Å². The highest BCUT2D eigenvalue weighted by atomic mass is 35.5. The van der Waals surface area contributed by atoms with Crippen LogP contribution in [0, 0.1) is 0 Å². The van der Waals surface area contributed by atoms with Crippen molar-refractivity contribution in [3.05, 3.63) is 82.5 Å². The van der Waals surface area contributed by atoms with E-state index in [0.717, 1.165) is 29.8 Å². The van der Waals surface area contributed by atoms with E-state index in [0.29, 0.717) is 61.2 Å². The van der Waals surface area contributed by atoms with Gasteiger partial charge in [-0.15, -0.1) is 0 Å². The van der Waals surface area contributed by atoms with Crippen LogP contribution in [0.2, 0.25) is 5.02 Å². The van der Waals surface area contributed by atoms with E-state index in [1.165, 1.54) is 7.11 Å². The molecule has 11 nitrogen and oxygen atoms in total. The molecule has 1 saturated carbocycles. The molecular formula is C35H40ClN5O6. The van der Waals surface area contributed by atoms with Gasteiger partial charge in [0.1, 0.15) is 23.3 Å². The average molecular weight is 662 g/mol. The summed E-state index contributed by atoms with van der Waals surface area (Å²) in [6, 6.07) is 16.8. The van der Waals surface area contributed by atoms with Crippen LogP contribution in [0.4, 0.5) is 16.3 Å². The van der Waals surface area contributed by atoms with Gasteiger partial charge in [0, 0.05) is 44.1 Å². The van der Waals surface area contributed by atoms with Crippen molar-refractivity contribution in [2.45, 2.75) is 50.9 Å². The Morgan fingerprint density at radius 2 is 1.66 bits per heavy atom. The molecule has 2 aromatic carbocycles. The lowest BCUT2D eigenvalue weighted by Gasteiger charge is -2.41. The molecule has 6 rings (SSSR count). The van der Waals surface area contributed by atoms with Crippen molar-refractivity contribution >= 4 is 41.1 Å². The number of esters is 1. The summed E-state index contributed by atoms with van der Waals surface area (Å²) in [4.78, 5) is 48.4. The number of piperazine rings is 1. The van der Waals surface area contributed by atoms with Gasteiger partial charge in [-0.1, -0.05) is 29.8 Å². The number of anilines is 2. The molecular weight excluding hydrogens is 622 g/mol. The number of rotatable bonds is 8. The lowest BCUT2D eigenvalue weighted by molar-refractivity contribution is 0.0240. The Hall–Kier alpha value is -4.51. The number of aromatic nitrogens is 1. The summed E-state index contributed by atoms with van der Waals surface area (Å²) in [5.74, 6) is 0.658. The van der Waals surface area contributed by atoms with Crippen LogP contribution in [0.5, 0.6) is 5.75 Å². The van der Waals surface area contributed by atoms with Gasteiger partial charge in [-0.25, -0.2) is 14.6 Å². The number of benzene rings is 2. The molecule has 3 aliphatic rings. The first-order valence-corrected chi connectivity index (χ1v) is 16.2. The molecule has 0 bridgehead atoms. The summed E-state index contributed by atoms with van der Waals surface area (Å²) >= 11 is 6.30. The first-order chi connectivity index (χ1) is 22.4. The molecule has 0 unspecified atom stereocenters. The van der Waals surface area contributed by atoms with Gasteiger partial charge >= 0.3 is 12.1 Å². The SMILES string of the molecule is COC(=O)c1ccc(C2(NC(=O)c3cc(Cl)cnc3N3CC(Oc4cccc(N5CCN(C(=O)OC(C)(C)C)CC5)c4)C3)CC2)cc1. The molecule has 1 aromatic heterocycles. The van der Waals surface area contributed by atoms with Crippen LogP contribution in [-0.4, -0.2) is 85.9 Å². The number of carbonyl (C=O) groups is 3. The Bertz CT molecular complexity index is 1640. The smallest absolute Gasteiger partial charge is 0.410 e. The molecule has 0 radical (unpaired) electrons. The van der Waals surface area contributed by atoms with E-state index in [1.807, 2.05) is 62.1 Å². The van der Waals surface area contributed by atoms with Crippen molar-refractivity contribution in [2.24, 2.45) is 0 Å². The Kier molecular flexibility index (Phi) is 8.93. The third-order valence-electron chi connectivity index (χ3n) is 8.60. The van der Waals surface area contributed by atoms with Crippen molar-refractivity contribution in [2.75, 3.05) is 56.2 Å². The van der Waals surface area contributed by atoms with E-state index in [9.17, 15) is 14.4 Å². The Balaban J connectivity index is 1.05. The number of pyridine rings is 1. The zero-order valence-electron chi connectivity index (χ0n) is 27.1. The van der Waals surface area contributed by atoms with Crippen molar-refractivity contribution in [1.82, 2.24) is 15.2 Å². The van der Waals surface area contributed by atoms with E-state index < -0.39 is 17.1 Å². The van der Waals surface area contributed by atoms with Gasteiger partial charge < -0.3 is 34.2 Å². The fourth-order valence-electron chi connectivity index (χ4n) is 5.90. The molecule has 3 fully saturated rings. The normalized spacial score (nSPS) is 17.4. The highest BCUT2D eigenvalue weighted by Gasteiger charge is 2.46. The number of nitrogens with zero attached hydrogens (tertiary/aromatic N) is 4. The van der Waals surface area contributed by atoms with Crippen LogP contribution in [0.25, 0.3) is 0 Å². The number of halogens is 1. The largest absolute Gasteiger partial charge is 0.487 e. The number of hydrogen-bond acceptors (Lipinski definition) is 9. The van der Waals surface area contributed by atoms with Crippen molar-refractivity contribution < 1.29 is 28.6 Å². The molecule has 1 aliphatic carbocycles. The third kappa shape index (κ3) is 7.40. The quantitative estimate of drug-likeness (QED) is 0.323. The summed E-state index contributed by atoms with van der Waals surface area (Å²) in [5, 5.41) is 3.57. The van der Waals surface area contributed by atoms with Gasteiger partial charge in [-0.3, -0.25) is 4.79 Å². The predicted molar refractivity (Wildman–Crippen MR) is 178 cm³/mol. The lowest BCUT2D eigenvalue weighted by Crippen LogP contribution is -2.55. The average Bonchev–Trinajstić information content (AvgIpc) is 3.82. The third-order valence-corrected chi connectivity index (χ3v) is 8.81. The molecule has 0 atom stereocenters. The van der Waals surface area contributed by atoms with Crippen LogP contribution < -0.4 is 19.9 Å². The van der Waals surface area contributed by atoms with Crippen molar-refractivity contribution in [3.8, 4) is 5.75 Å². The molecule has 2 amide bonds. The minimum atomic E-state index is -0.518. The molecule has 248 valence electrons. The highest BCUT2D eigenvalue weighted by Crippen LogP contribution is 2.46. The first kappa shape index (κ1) is 32.4. The maximum atomic E-state index is 13.6. The molecule has 2 aliphatic heterocycles. The van der Waals surface area contributed by atoms with Gasteiger partial charge in [0.25, 0.3) is 5.91 Å². The summed E-state index contributed by atoms with van der Waals surface area (Å²) in [5.41, 5.74) is 1.81. The van der Waals surface area contributed by atoms with Crippen LogP contribution >= 0.6 is 11.6 Å². The zero-order valence-corrected chi connectivity index (χ0v) is 27.9. The van der Waals surface area contributed by atoms with E-state index in [-0.39, 0.29) is 18.1 Å². The van der Waals surface area contributed by atoms with Gasteiger partial charge in [0.05, 0.1) is 41.9 Å². The van der Waals surface area contributed by atoms with Gasteiger partial charge in [-0.05, 0) is 69.5 Å². The van der Waals surface area contributed by atoms with Gasteiger partial charge in [0.15, 0.2) is 0 Å². The maximum Gasteiger partial charge on any atom is 0.410 e. The van der Waals surface area contributed by atoms with E-state index in [2.05, 4.69) is 15.2 Å². The van der Waals surface area contributed by atoms with E-state index in [4.69, 9.17) is 25.8 Å². The fourth-order valence-corrected chi connectivity index (χ4v) is 6.05. The number of nitrogens with one attached hydrogen (secondary N) is 1. The van der Waals surface area contributed by atoms with Crippen LogP contribution in [0.15, 0.2) is 60.8 Å². The second-order valence-electron chi connectivity index (χ2n) is 13.2. The van der Waals surface area contributed by atoms with Crippen molar-refractivity contribution in [3.63, 3.8) is 0 Å². The van der Waals surface area contributed by atoms with Crippen LogP contribution in [-0.2, 0) is 15.0 Å². The van der Waals surface area contributed by atoms with Gasteiger partial charge in [0.2, 0.25) is 0 Å². The van der Waals surface area contributed by atoms with Crippen LogP contribution in [0.3, 0.4) is 0 Å². The second-order valence-corrected chi connectivity index (χ2v) is 13.7. The molecule has 3 aromatic rings. The summed E-state index contributed by atoms with van der Waals surface area (Å²) in [7, 11) is 1.35. The fraction of sp³-hybridized carbons (Fsp3) is 0.429. The molecule has 2 saturated heterocycles. The maximum absolute atomic E-state index is 13.6. The minimum absolute atomic E-state index is 0.0780. The lowest BCUT2D eigenvalue weighted by atomic mass is 10.0. The number of methoxy groups -OCH3 is 1. The Morgan fingerprint density at radius 1 is 0.957 bits per heavy atom. The Morgan fingerprint density at radius 3 is 2.30 bits per heavy atom. The number of hydrogen-bond donors (Lipinski definition) is 1. The number of carbonyl (C=O) groups excluding carboxylic acids is 3. The molecule has 3 heterocycles. The minimum Gasteiger partial charge on any atom is -0.487 e. The summed E-state index contributed by atoms with van der Waals surface area (Å²) < 4.78 is 16.6. The standard InChI is InChI=1S/C35H40ClN5O6/c1-34(2,3)47-33(44)40-16-14-39(15-17-40)26-6-5-7-27(19-26)46-28-21-41(22-28)30-29(18-25(36)20-37-30)31(42)38-35(12-13-35)24-10-8-23(9-11-24)32(43)45-4/h5-11,18-20,28H,12-17,21-22H2,1-4H3,(H,38,42). The van der Waals surface area contributed by atoms with Gasteiger partial charge in [-0.2, -0.15) is 0 Å². The highest BCUT2D eigenvalue weighted by molar-refractivity contribution is 6.31. The monoisotopic (exact) mass is 661 g/mol. The van der Waals surface area contributed by atoms with E-state index >= 15 is 0 Å². The topological polar surface area (TPSA) is 114 Å². The van der Waals surface area contributed by atoms with Crippen LogP contribution in [0.1, 0.15) is 59.9 Å². The Labute approximate surface area is 279 Å². The second kappa shape index (κ2) is 12.9. The van der Waals surface area contributed by atoms with E-state index in [1.54, 1.807) is 29.3 Å². The predicted octanol–water partition coefficient (Wildman–Crippen LogP) is 5.27. The summed E-state index contributed by atoms with van der Waals surface area (Å²) in [6.45, 7) is 9.32. The molecule has 47 heavy (non-hydrogen) atoms. The summed E-state index contributed by atoms with van der Waals surface area (Å²) in [6.07, 6.45) is 2.77. The first-order valence-electron chi connectivity index (χ1n) is 15.8. The molecule has 0 spiro atoms. The number of ether oxygens (including phenoxy) is 3. The molecule has 12 heteroatoms.